The van der Waals surface area contributed by atoms with Crippen LogP contribution in [0.2, 0.25) is 0 Å². The fourth-order valence-electron chi connectivity index (χ4n) is 2.00. The number of amidine groups is 1. The molecule has 0 unspecified atom stereocenters. The van der Waals surface area contributed by atoms with Gasteiger partial charge in [-0.1, -0.05) is 12.8 Å². The van der Waals surface area contributed by atoms with Crippen molar-refractivity contribution in [1.29, 1.82) is 0 Å². The third-order valence-corrected chi connectivity index (χ3v) is 3.00. The minimum absolute atomic E-state index is 0.0530. The van der Waals surface area contributed by atoms with E-state index in [2.05, 4.69) is 15.1 Å². The SMILES string of the molecule is CC(=NC=NCN)N(/N=C(\C)C(=O)O)C1CCCC1. The van der Waals surface area contributed by atoms with Crippen LogP contribution in [0.4, 0.5) is 0 Å². The summed E-state index contributed by atoms with van der Waals surface area (Å²) in [5.74, 6) is -0.392. The Balaban J connectivity index is 2.91. The monoisotopic (exact) mass is 267 g/mol. The van der Waals surface area contributed by atoms with Crippen LogP contribution in [0.15, 0.2) is 15.1 Å². The van der Waals surface area contributed by atoms with E-state index in [1.54, 1.807) is 11.9 Å². The van der Waals surface area contributed by atoms with Gasteiger partial charge >= 0.3 is 5.97 Å². The van der Waals surface area contributed by atoms with Gasteiger partial charge in [0, 0.05) is 0 Å². The number of hydrogen-bond acceptors (Lipinski definition) is 4. The number of hydrazone groups is 1. The molecule has 0 spiro atoms. The molecule has 0 atom stereocenters. The summed E-state index contributed by atoms with van der Waals surface area (Å²) >= 11 is 0. The molecule has 0 bridgehead atoms. The van der Waals surface area contributed by atoms with Crippen LogP contribution < -0.4 is 5.73 Å². The van der Waals surface area contributed by atoms with Crippen LogP contribution in [0.1, 0.15) is 39.5 Å². The molecule has 1 fully saturated rings. The Labute approximate surface area is 112 Å². The molecule has 0 saturated heterocycles. The molecule has 0 amide bonds. The van der Waals surface area contributed by atoms with Gasteiger partial charge in [-0.2, -0.15) is 5.10 Å². The van der Waals surface area contributed by atoms with Crippen molar-refractivity contribution in [2.24, 2.45) is 20.8 Å². The van der Waals surface area contributed by atoms with Gasteiger partial charge in [0.1, 0.15) is 17.9 Å². The Hall–Kier alpha value is -1.76. The van der Waals surface area contributed by atoms with E-state index in [1.165, 1.54) is 13.3 Å². The zero-order chi connectivity index (χ0) is 14.3. The first-order valence-electron chi connectivity index (χ1n) is 6.36. The molecule has 1 aliphatic rings. The minimum atomic E-state index is -1.02. The molecule has 0 aromatic carbocycles. The van der Waals surface area contributed by atoms with Crippen LogP contribution in [-0.2, 0) is 4.79 Å². The van der Waals surface area contributed by atoms with Gasteiger partial charge in [-0.05, 0) is 26.7 Å². The molecular weight excluding hydrogens is 246 g/mol. The Morgan fingerprint density at radius 1 is 1.42 bits per heavy atom. The van der Waals surface area contributed by atoms with Gasteiger partial charge in [0.2, 0.25) is 0 Å². The molecule has 106 valence electrons. The largest absolute Gasteiger partial charge is 0.477 e. The summed E-state index contributed by atoms with van der Waals surface area (Å²) in [5.41, 5.74) is 5.30. The summed E-state index contributed by atoms with van der Waals surface area (Å²) in [5, 5.41) is 14.8. The highest BCUT2D eigenvalue weighted by molar-refractivity contribution is 6.34. The number of carboxylic acid groups (broad SMARTS) is 1. The molecular formula is C12H21N5O2. The standard InChI is InChI=1S/C12H21N5O2/c1-9(12(18)19)16-17(11-5-3-4-6-11)10(2)15-8-14-7-13/h8,11H,3-7,13H2,1-2H3,(H,18,19)/b14-8?,15-10?,16-9+. The minimum Gasteiger partial charge on any atom is -0.477 e. The number of rotatable bonds is 5. The lowest BCUT2D eigenvalue weighted by Crippen LogP contribution is -2.34. The van der Waals surface area contributed by atoms with Crippen molar-refractivity contribution in [2.45, 2.75) is 45.6 Å². The normalized spacial score (nSPS) is 18.3. The maximum atomic E-state index is 10.9. The van der Waals surface area contributed by atoms with E-state index in [0.29, 0.717) is 5.84 Å². The number of carboxylic acids is 1. The van der Waals surface area contributed by atoms with Crippen molar-refractivity contribution in [3.8, 4) is 0 Å². The Kier molecular flexibility index (Phi) is 6.14. The van der Waals surface area contributed by atoms with Crippen molar-refractivity contribution in [3.63, 3.8) is 0 Å². The van der Waals surface area contributed by atoms with Crippen LogP contribution in [0.5, 0.6) is 0 Å². The van der Waals surface area contributed by atoms with Crippen LogP contribution in [-0.4, -0.2) is 46.7 Å². The summed E-state index contributed by atoms with van der Waals surface area (Å²) in [6.07, 6.45) is 5.64. The lowest BCUT2D eigenvalue weighted by Gasteiger charge is -2.25. The topological polar surface area (TPSA) is 104 Å². The smallest absolute Gasteiger partial charge is 0.351 e. The molecule has 1 rings (SSSR count). The second-order valence-electron chi connectivity index (χ2n) is 4.43. The first-order valence-corrected chi connectivity index (χ1v) is 6.36. The third-order valence-electron chi connectivity index (χ3n) is 3.00. The number of nitrogens with zero attached hydrogens (tertiary/aromatic N) is 4. The first-order chi connectivity index (χ1) is 9.06. The summed E-state index contributed by atoms with van der Waals surface area (Å²) < 4.78 is 0. The van der Waals surface area contributed by atoms with Crippen LogP contribution in [0.3, 0.4) is 0 Å². The van der Waals surface area contributed by atoms with Gasteiger partial charge in [-0.25, -0.2) is 14.8 Å². The third kappa shape index (κ3) is 4.78. The summed E-state index contributed by atoms with van der Waals surface area (Å²) in [4.78, 5) is 18.8. The molecule has 7 nitrogen and oxygen atoms in total. The van der Waals surface area contributed by atoms with Crippen molar-refractivity contribution >= 4 is 23.9 Å². The van der Waals surface area contributed by atoms with E-state index < -0.39 is 5.97 Å². The van der Waals surface area contributed by atoms with Gasteiger partial charge < -0.3 is 10.8 Å². The quantitative estimate of drug-likeness (QED) is 0.441. The average molecular weight is 267 g/mol. The predicted octanol–water partition coefficient (Wildman–Crippen LogP) is 1.05. The van der Waals surface area contributed by atoms with E-state index in [-0.39, 0.29) is 18.4 Å². The maximum Gasteiger partial charge on any atom is 0.351 e. The zero-order valence-electron chi connectivity index (χ0n) is 11.4. The highest BCUT2D eigenvalue weighted by Crippen LogP contribution is 2.24. The fraction of sp³-hybridized carbons (Fsp3) is 0.667. The first kappa shape index (κ1) is 15.3. The number of aliphatic carboxylic acids is 1. The van der Waals surface area contributed by atoms with Crippen LogP contribution >= 0.6 is 0 Å². The summed E-state index contributed by atoms with van der Waals surface area (Å²) in [6.45, 7) is 3.45. The number of nitrogens with two attached hydrogens (primary N) is 1. The average Bonchev–Trinajstić information content (AvgIpc) is 2.89. The number of aliphatic imine (C=N–C) groups is 2. The van der Waals surface area contributed by atoms with Gasteiger partial charge in [-0.3, -0.25) is 4.99 Å². The Bertz CT molecular complexity index is 397. The van der Waals surface area contributed by atoms with Crippen LogP contribution in [0.25, 0.3) is 0 Å². The molecule has 0 aromatic rings. The number of carbonyl (C=O) groups is 1. The predicted molar refractivity (Wildman–Crippen MR) is 75.5 cm³/mol. The van der Waals surface area contributed by atoms with Crippen molar-refractivity contribution < 1.29 is 9.90 Å². The maximum absolute atomic E-state index is 10.9. The molecule has 0 aliphatic heterocycles. The van der Waals surface area contributed by atoms with E-state index in [0.717, 1.165) is 25.7 Å². The van der Waals surface area contributed by atoms with Crippen LogP contribution in [0, 0.1) is 0 Å². The summed E-state index contributed by atoms with van der Waals surface area (Å²) in [6, 6.07) is 0.212. The van der Waals surface area contributed by atoms with Gasteiger partial charge in [0.05, 0.1) is 12.7 Å². The second-order valence-corrected chi connectivity index (χ2v) is 4.43. The second kappa shape index (κ2) is 7.63. The molecule has 3 N–H and O–H groups in total. The van der Waals surface area contributed by atoms with E-state index >= 15 is 0 Å². The zero-order valence-corrected chi connectivity index (χ0v) is 11.4. The van der Waals surface area contributed by atoms with Gasteiger partial charge in [-0.15, -0.1) is 0 Å². The Morgan fingerprint density at radius 2 is 2.05 bits per heavy atom. The van der Waals surface area contributed by atoms with E-state index in [1.807, 2.05) is 0 Å². The molecule has 19 heavy (non-hydrogen) atoms. The number of hydrogen-bond donors (Lipinski definition) is 2. The lowest BCUT2D eigenvalue weighted by atomic mass is 10.2. The van der Waals surface area contributed by atoms with E-state index in [9.17, 15) is 4.79 Å². The molecule has 1 aliphatic carbocycles. The Morgan fingerprint density at radius 3 is 2.58 bits per heavy atom. The van der Waals surface area contributed by atoms with Gasteiger partial charge in [0.25, 0.3) is 0 Å². The van der Waals surface area contributed by atoms with Crippen molar-refractivity contribution in [2.75, 3.05) is 6.67 Å². The van der Waals surface area contributed by atoms with E-state index in [4.69, 9.17) is 10.8 Å². The molecule has 1 saturated carbocycles. The molecule has 7 heteroatoms. The molecule has 0 heterocycles. The summed E-state index contributed by atoms with van der Waals surface area (Å²) in [7, 11) is 0. The van der Waals surface area contributed by atoms with Gasteiger partial charge in [0.15, 0.2) is 0 Å². The fourth-order valence-corrected chi connectivity index (χ4v) is 2.00. The highest BCUT2D eigenvalue weighted by atomic mass is 16.4. The van der Waals surface area contributed by atoms with Crippen molar-refractivity contribution in [1.82, 2.24) is 5.01 Å². The highest BCUT2D eigenvalue weighted by Gasteiger charge is 2.24. The lowest BCUT2D eigenvalue weighted by molar-refractivity contribution is -0.129. The van der Waals surface area contributed by atoms with Crippen molar-refractivity contribution in [3.05, 3.63) is 0 Å². The molecule has 0 aromatic heterocycles. The molecule has 0 radical (unpaired) electrons.